The van der Waals surface area contributed by atoms with Crippen LogP contribution in [0.3, 0.4) is 0 Å². The zero-order valence-electron chi connectivity index (χ0n) is 9.20. The van der Waals surface area contributed by atoms with Gasteiger partial charge in [0.25, 0.3) is 0 Å². The summed E-state index contributed by atoms with van der Waals surface area (Å²) in [6, 6.07) is 0. The molecule has 14 heavy (non-hydrogen) atoms. The van der Waals surface area contributed by atoms with E-state index in [1.165, 1.54) is 25.7 Å². The van der Waals surface area contributed by atoms with Crippen molar-refractivity contribution in [2.24, 2.45) is 5.92 Å². The summed E-state index contributed by atoms with van der Waals surface area (Å²) in [6.45, 7) is 4.88. The summed E-state index contributed by atoms with van der Waals surface area (Å²) >= 11 is -2.08. The largest absolute Gasteiger partial charge is 0.301 e. The number of hydrogen-bond donors (Lipinski definition) is 1. The fourth-order valence-electron chi connectivity index (χ4n) is 1.32. The highest BCUT2D eigenvalue weighted by Crippen LogP contribution is 2.10. The third kappa shape index (κ3) is 12.1. The summed E-state index contributed by atoms with van der Waals surface area (Å²) in [4.78, 5) is 0. The summed E-state index contributed by atoms with van der Waals surface area (Å²) in [5.74, 6) is 0.801. The highest BCUT2D eigenvalue weighted by Gasteiger charge is 1.96. The van der Waals surface area contributed by atoms with E-state index in [0.717, 1.165) is 18.8 Å². The normalized spacial score (nSPS) is 13.4. The van der Waals surface area contributed by atoms with Crippen molar-refractivity contribution < 1.29 is 12.9 Å². The number of rotatable bonds is 9. The molecule has 0 radical (unpaired) electrons. The van der Waals surface area contributed by atoms with Crippen LogP contribution in [0, 0.1) is 5.92 Å². The molecule has 1 unspecified atom stereocenters. The molecule has 0 aromatic carbocycles. The first-order chi connectivity index (χ1) is 6.63. The predicted molar refractivity (Wildman–Crippen MR) is 59.3 cm³/mol. The summed E-state index contributed by atoms with van der Waals surface area (Å²) < 4.78 is 22.9. The van der Waals surface area contributed by atoms with Gasteiger partial charge in [0.2, 0.25) is 0 Å². The SMILES string of the molecule is CC(C)CCCCCCCOS(=O)O. The number of hydrogen-bond acceptors (Lipinski definition) is 2. The fourth-order valence-corrected chi connectivity index (χ4v) is 1.58. The standard InChI is InChI=1S/C10H22O3S/c1-10(2)8-6-4-3-5-7-9-13-14(11)12/h10H,3-9H2,1-2H3,(H,11,12). The molecule has 0 aromatic heterocycles. The molecule has 0 aromatic rings. The molecule has 0 rings (SSSR count). The molecule has 0 heterocycles. The van der Waals surface area contributed by atoms with Gasteiger partial charge in [-0.25, -0.2) is 0 Å². The average Bonchev–Trinajstić information content (AvgIpc) is 2.08. The van der Waals surface area contributed by atoms with E-state index in [-0.39, 0.29) is 0 Å². The van der Waals surface area contributed by atoms with Gasteiger partial charge >= 0.3 is 11.4 Å². The third-order valence-corrected chi connectivity index (χ3v) is 2.48. The molecule has 0 aliphatic carbocycles. The summed E-state index contributed by atoms with van der Waals surface area (Å²) in [7, 11) is 0. The van der Waals surface area contributed by atoms with Gasteiger partial charge in [0.1, 0.15) is 0 Å². The van der Waals surface area contributed by atoms with Gasteiger partial charge in [0, 0.05) is 0 Å². The maximum absolute atomic E-state index is 10.1. The van der Waals surface area contributed by atoms with E-state index in [2.05, 4.69) is 18.0 Å². The van der Waals surface area contributed by atoms with E-state index in [1.807, 2.05) is 0 Å². The maximum Gasteiger partial charge on any atom is 0.301 e. The van der Waals surface area contributed by atoms with Crippen LogP contribution >= 0.6 is 0 Å². The smallest absolute Gasteiger partial charge is 0.284 e. The van der Waals surface area contributed by atoms with Crippen LogP contribution in [0.25, 0.3) is 0 Å². The zero-order chi connectivity index (χ0) is 10.8. The second kappa shape index (κ2) is 9.62. The Balaban J connectivity index is 2.96. The van der Waals surface area contributed by atoms with E-state index in [4.69, 9.17) is 4.55 Å². The first kappa shape index (κ1) is 14.1. The van der Waals surface area contributed by atoms with Crippen molar-refractivity contribution in [2.45, 2.75) is 52.4 Å². The van der Waals surface area contributed by atoms with Crippen LogP contribution in [0.15, 0.2) is 0 Å². The van der Waals surface area contributed by atoms with Crippen molar-refractivity contribution in [1.29, 1.82) is 0 Å². The summed E-state index contributed by atoms with van der Waals surface area (Å²) in [6.07, 6.45) is 7.04. The Hall–Kier alpha value is 0.0700. The Morgan fingerprint density at radius 1 is 1.14 bits per heavy atom. The topological polar surface area (TPSA) is 46.5 Å². The van der Waals surface area contributed by atoms with Crippen LogP contribution in [-0.2, 0) is 15.5 Å². The van der Waals surface area contributed by atoms with E-state index in [0.29, 0.717) is 6.61 Å². The molecule has 0 bridgehead atoms. The first-order valence-corrected chi connectivity index (χ1v) is 6.40. The lowest BCUT2D eigenvalue weighted by atomic mass is 10.0. The lowest BCUT2D eigenvalue weighted by Crippen LogP contribution is -1.97. The molecule has 0 aliphatic rings. The Labute approximate surface area is 89.7 Å². The molecule has 0 fully saturated rings. The minimum Gasteiger partial charge on any atom is -0.284 e. The Morgan fingerprint density at radius 2 is 1.71 bits per heavy atom. The molecular weight excluding hydrogens is 200 g/mol. The minimum atomic E-state index is -2.08. The van der Waals surface area contributed by atoms with Crippen LogP contribution in [0.5, 0.6) is 0 Å². The molecular formula is C10H22O3S. The molecule has 0 saturated carbocycles. The second-order valence-corrected chi connectivity index (χ2v) is 4.66. The highest BCUT2D eigenvalue weighted by molar-refractivity contribution is 7.74. The Morgan fingerprint density at radius 3 is 2.29 bits per heavy atom. The number of unbranched alkanes of at least 4 members (excludes halogenated alkanes) is 4. The Kier molecular flexibility index (Phi) is 9.67. The fraction of sp³-hybridized carbons (Fsp3) is 1.00. The van der Waals surface area contributed by atoms with Crippen molar-refractivity contribution in [3.63, 3.8) is 0 Å². The highest BCUT2D eigenvalue weighted by atomic mass is 32.2. The van der Waals surface area contributed by atoms with Crippen LogP contribution in [0.2, 0.25) is 0 Å². The third-order valence-electron chi connectivity index (χ3n) is 2.11. The molecule has 1 N–H and O–H groups in total. The van der Waals surface area contributed by atoms with Crippen molar-refractivity contribution >= 4 is 11.4 Å². The van der Waals surface area contributed by atoms with Crippen LogP contribution < -0.4 is 0 Å². The molecule has 0 aliphatic heterocycles. The van der Waals surface area contributed by atoms with E-state index in [9.17, 15) is 4.21 Å². The van der Waals surface area contributed by atoms with Crippen molar-refractivity contribution in [2.75, 3.05) is 6.61 Å². The summed E-state index contributed by atoms with van der Waals surface area (Å²) in [5.41, 5.74) is 0. The summed E-state index contributed by atoms with van der Waals surface area (Å²) in [5, 5.41) is 0. The molecule has 4 heteroatoms. The maximum atomic E-state index is 10.1. The van der Waals surface area contributed by atoms with E-state index in [1.54, 1.807) is 0 Å². The van der Waals surface area contributed by atoms with Gasteiger partial charge in [-0.1, -0.05) is 46.0 Å². The van der Waals surface area contributed by atoms with Crippen LogP contribution in [-0.4, -0.2) is 15.4 Å². The van der Waals surface area contributed by atoms with Gasteiger partial charge < -0.3 is 0 Å². The van der Waals surface area contributed by atoms with Gasteiger partial charge in [-0.05, 0) is 12.3 Å². The second-order valence-electron chi connectivity index (χ2n) is 3.99. The first-order valence-electron chi connectivity index (χ1n) is 5.37. The molecule has 0 saturated heterocycles. The van der Waals surface area contributed by atoms with Gasteiger partial charge in [-0.3, -0.25) is 8.74 Å². The van der Waals surface area contributed by atoms with Gasteiger partial charge in [0.15, 0.2) is 0 Å². The predicted octanol–water partition coefficient (Wildman–Crippen LogP) is 3.14. The van der Waals surface area contributed by atoms with Crippen LogP contribution in [0.1, 0.15) is 52.4 Å². The molecule has 86 valence electrons. The minimum absolute atomic E-state index is 0.396. The van der Waals surface area contributed by atoms with Crippen molar-refractivity contribution in [1.82, 2.24) is 0 Å². The van der Waals surface area contributed by atoms with E-state index >= 15 is 0 Å². The van der Waals surface area contributed by atoms with Crippen molar-refractivity contribution in [3.8, 4) is 0 Å². The quantitative estimate of drug-likeness (QED) is 0.481. The molecule has 0 amide bonds. The van der Waals surface area contributed by atoms with Gasteiger partial charge in [0.05, 0.1) is 6.61 Å². The molecule has 3 nitrogen and oxygen atoms in total. The lowest BCUT2D eigenvalue weighted by Gasteiger charge is -2.03. The average molecular weight is 222 g/mol. The molecule has 1 atom stereocenters. The monoisotopic (exact) mass is 222 g/mol. The van der Waals surface area contributed by atoms with E-state index < -0.39 is 11.4 Å². The zero-order valence-corrected chi connectivity index (χ0v) is 10.0. The van der Waals surface area contributed by atoms with Crippen LogP contribution in [0.4, 0.5) is 0 Å². The molecule has 0 spiro atoms. The van der Waals surface area contributed by atoms with Crippen molar-refractivity contribution in [3.05, 3.63) is 0 Å². The van der Waals surface area contributed by atoms with Gasteiger partial charge in [-0.15, -0.1) is 0 Å². The Bertz CT molecular complexity index is 148. The lowest BCUT2D eigenvalue weighted by molar-refractivity contribution is 0.296. The van der Waals surface area contributed by atoms with Gasteiger partial charge in [-0.2, -0.15) is 4.21 Å².